The number of benzene rings is 1. The summed E-state index contributed by atoms with van der Waals surface area (Å²) in [5.74, 6) is -2.88. The summed E-state index contributed by atoms with van der Waals surface area (Å²) in [5, 5.41) is 22.5. The molecule has 1 atom stereocenters. The Kier molecular flexibility index (Phi) is 6.39. The number of nitrogens with one attached hydrogen (secondary N) is 1. The highest BCUT2D eigenvalue weighted by Gasteiger charge is 2.46. The molecule has 3 heterocycles. The van der Waals surface area contributed by atoms with Crippen LogP contribution in [0.3, 0.4) is 0 Å². The summed E-state index contributed by atoms with van der Waals surface area (Å²) in [6.07, 6.45) is 3.12. The number of methoxy groups -OCH3 is 1. The monoisotopic (exact) mass is 490 g/mol. The van der Waals surface area contributed by atoms with Crippen LogP contribution in [0.25, 0.3) is 5.76 Å². The highest BCUT2D eigenvalue weighted by atomic mass is 16.6. The number of ether oxygens (including phenoxy) is 1. The minimum atomic E-state index is -1.04. The number of nitro groups is 1. The van der Waals surface area contributed by atoms with E-state index >= 15 is 0 Å². The second-order valence-electron chi connectivity index (χ2n) is 8.25. The lowest BCUT2D eigenvalue weighted by molar-refractivity contribution is -0.384. The summed E-state index contributed by atoms with van der Waals surface area (Å²) in [7, 11) is 1.22. The van der Waals surface area contributed by atoms with Gasteiger partial charge in [0.2, 0.25) is 0 Å². The zero-order valence-electron chi connectivity index (χ0n) is 19.6. The lowest BCUT2D eigenvalue weighted by Crippen LogP contribution is -2.29. The van der Waals surface area contributed by atoms with E-state index in [0.717, 1.165) is 0 Å². The Balaban J connectivity index is 1.91. The fourth-order valence-electron chi connectivity index (χ4n) is 4.40. The molecule has 36 heavy (non-hydrogen) atoms. The smallest absolute Gasteiger partial charge is 0.354 e. The maximum Gasteiger partial charge on any atom is 0.354 e. The average Bonchev–Trinajstić information content (AvgIpc) is 3.31. The fraction of sp³-hybridized carbons (Fsp3) is 0.200. The topological polar surface area (TPSA) is 156 Å². The number of aliphatic hydroxyl groups excluding tert-OH is 1. The van der Waals surface area contributed by atoms with Crippen LogP contribution < -0.4 is 0 Å². The molecule has 11 heteroatoms. The summed E-state index contributed by atoms with van der Waals surface area (Å²) >= 11 is 0. The molecule has 2 N–H and O–H groups in total. The number of carbonyl (C=O) groups excluding carboxylic acids is 3. The molecule has 2 aromatic heterocycles. The number of aromatic nitrogens is 2. The summed E-state index contributed by atoms with van der Waals surface area (Å²) in [5.41, 5.74) is 1.72. The molecule has 1 amide bonds. The third-order valence-corrected chi connectivity index (χ3v) is 6.10. The van der Waals surface area contributed by atoms with Gasteiger partial charge in [-0.25, -0.2) is 4.79 Å². The number of nitrogens with zero attached hydrogens (tertiary/aromatic N) is 3. The van der Waals surface area contributed by atoms with Gasteiger partial charge in [0.15, 0.2) is 0 Å². The molecule has 0 spiro atoms. The first-order valence-electron chi connectivity index (χ1n) is 10.8. The van der Waals surface area contributed by atoms with Gasteiger partial charge in [0.1, 0.15) is 11.5 Å². The number of Topliss-reactive ketones (excluding diaryl/α,β-unsaturated/α-hetero) is 1. The molecular formula is C25H22N4O7. The standard InChI is InChI=1S/C25H22N4O7/c1-13-18(14(2)27-20(13)25(33)36-3)22(30)19-21(16-6-8-17(9-7-16)29(34)35)28(24(32)23(19)31)12-15-5-4-10-26-11-15/h4-11,21,27,30H,12H2,1-3H3/t21-/m0/s1. The van der Waals surface area contributed by atoms with Gasteiger partial charge in [-0.3, -0.25) is 24.7 Å². The summed E-state index contributed by atoms with van der Waals surface area (Å²) in [4.78, 5) is 57.3. The molecule has 4 rings (SSSR count). The molecule has 0 radical (unpaired) electrons. The normalized spacial score (nSPS) is 16.9. The first-order chi connectivity index (χ1) is 17.1. The number of aliphatic hydroxyl groups is 1. The molecule has 184 valence electrons. The molecular weight excluding hydrogens is 468 g/mol. The van der Waals surface area contributed by atoms with Gasteiger partial charge in [-0.05, 0) is 48.7 Å². The number of rotatable bonds is 6. The Morgan fingerprint density at radius 1 is 1.22 bits per heavy atom. The maximum atomic E-state index is 13.3. The van der Waals surface area contributed by atoms with E-state index in [9.17, 15) is 29.6 Å². The molecule has 11 nitrogen and oxygen atoms in total. The van der Waals surface area contributed by atoms with Gasteiger partial charge >= 0.3 is 5.97 Å². The van der Waals surface area contributed by atoms with Crippen molar-refractivity contribution in [3.05, 3.63) is 98.1 Å². The molecule has 3 aromatic rings. The van der Waals surface area contributed by atoms with Gasteiger partial charge < -0.3 is 19.7 Å². The highest BCUT2D eigenvalue weighted by Crippen LogP contribution is 2.42. The van der Waals surface area contributed by atoms with Crippen LogP contribution in [-0.2, 0) is 20.9 Å². The van der Waals surface area contributed by atoms with Crippen LogP contribution in [-0.4, -0.2) is 49.7 Å². The number of pyridine rings is 1. The molecule has 0 aliphatic carbocycles. The number of ketones is 1. The van der Waals surface area contributed by atoms with E-state index in [1.54, 1.807) is 38.4 Å². The molecule has 1 aliphatic rings. The fourth-order valence-corrected chi connectivity index (χ4v) is 4.40. The molecule has 0 saturated carbocycles. The predicted molar refractivity (Wildman–Crippen MR) is 127 cm³/mol. The zero-order valence-corrected chi connectivity index (χ0v) is 19.6. The van der Waals surface area contributed by atoms with Crippen LogP contribution in [0.4, 0.5) is 5.69 Å². The summed E-state index contributed by atoms with van der Waals surface area (Å²) < 4.78 is 4.78. The largest absolute Gasteiger partial charge is 0.507 e. The van der Waals surface area contributed by atoms with Gasteiger partial charge in [0.05, 0.1) is 23.6 Å². The van der Waals surface area contributed by atoms with Crippen molar-refractivity contribution in [2.24, 2.45) is 0 Å². The number of likely N-dealkylation sites (tertiary alicyclic amines) is 1. The number of non-ortho nitro benzene ring substituents is 1. The number of aromatic amines is 1. The lowest BCUT2D eigenvalue weighted by atomic mass is 9.94. The van der Waals surface area contributed by atoms with Crippen LogP contribution in [0, 0.1) is 24.0 Å². The highest BCUT2D eigenvalue weighted by molar-refractivity contribution is 6.46. The van der Waals surface area contributed by atoms with E-state index in [1.807, 2.05) is 0 Å². The number of esters is 1. The molecule has 1 aromatic carbocycles. The Labute approximate surface area is 205 Å². The van der Waals surface area contributed by atoms with Crippen molar-refractivity contribution in [1.82, 2.24) is 14.9 Å². The first kappa shape index (κ1) is 24.3. The number of H-pyrrole nitrogens is 1. The number of hydrogen-bond donors (Lipinski definition) is 2. The second-order valence-corrected chi connectivity index (χ2v) is 8.25. The van der Waals surface area contributed by atoms with Crippen molar-refractivity contribution in [3.63, 3.8) is 0 Å². The first-order valence-corrected chi connectivity index (χ1v) is 10.8. The summed E-state index contributed by atoms with van der Waals surface area (Å²) in [6, 6.07) is 7.80. The van der Waals surface area contributed by atoms with Crippen molar-refractivity contribution in [2.45, 2.75) is 26.4 Å². The van der Waals surface area contributed by atoms with Crippen LogP contribution in [0.1, 0.15) is 44.5 Å². The Morgan fingerprint density at radius 3 is 2.50 bits per heavy atom. The summed E-state index contributed by atoms with van der Waals surface area (Å²) in [6.45, 7) is 3.20. The van der Waals surface area contributed by atoms with E-state index in [1.165, 1.54) is 36.3 Å². The average molecular weight is 490 g/mol. The number of aryl methyl sites for hydroxylation is 1. The third-order valence-electron chi connectivity index (χ3n) is 6.10. The SMILES string of the molecule is COC(=O)c1[nH]c(C)c(C(O)=C2C(=O)C(=O)N(Cc3cccnc3)[C@H]2c2ccc([N+](=O)[O-])cc2)c1C. The Hall–Kier alpha value is -4.80. The third kappa shape index (κ3) is 4.11. The van der Waals surface area contributed by atoms with Crippen LogP contribution >= 0.6 is 0 Å². The number of nitro benzene ring substituents is 1. The van der Waals surface area contributed by atoms with Crippen molar-refractivity contribution in [1.29, 1.82) is 0 Å². The van der Waals surface area contributed by atoms with E-state index < -0.39 is 34.4 Å². The minimum absolute atomic E-state index is 0.00929. The molecule has 0 bridgehead atoms. The van der Waals surface area contributed by atoms with Gasteiger partial charge in [0.25, 0.3) is 17.4 Å². The number of hydrogen-bond acceptors (Lipinski definition) is 8. The van der Waals surface area contributed by atoms with Crippen molar-refractivity contribution >= 4 is 29.1 Å². The Morgan fingerprint density at radius 2 is 1.92 bits per heavy atom. The van der Waals surface area contributed by atoms with Crippen LogP contribution in [0.2, 0.25) is 0 Å². The van der Waals surface area contributed by atoms with Gasteiger partial charge in [-0.15, -0.1) is 0 Å². The quantitative estimate of drug-likeness (QED) is 0.133. The van der Waals surface area contributed by atoms with Gasteiger partial charge in [0, 0.05) is 42.3 Å². The number of amides is 1. The molecule has 1 aliphatic heterocycles. The van der Waals surface area contributed by atoms with E-state index in [4.69, 9.17) is 4.74 Å². The van der Waals surface area contributed by atoms with Crippen LogP contribution in [0.5, 0.6) is 0 Å². The number of carbonyl (C=O) groups is 3. The molecule has 1 fully saturated rings. The molecule has 0 unspecified atom stereocenters. The molecule has 1 saturated heterocycles. The van der Waals surface area contributed by atoms with Crippen molar-refractivity contribution in [3.8, 4) is 0 Å². The zero-order chi connectivity index (χ0) is 26.1. The van der Waals surface area contributed by atoms with Crippen molar-refractivity contribution < 1.29 is 29.2 Å². The lowest BCUT2D eigenvalue weighted by Gasteiger charge is -2.25. The predicted octanol–water partition coefficient (Wildman–Crippen LogP) is 3.34. The van der Waals surface area contributed by atoms with E-state index in [-0.39, 0.29) is 29.1 Å². The minimum Gasteiger partial charge on any atom is -0.507 e. The van der Waals surface area contributed by atoms with Crippen molar-refractivity contribution in [2.75, 3.05) is 7.11 Å². The van der Waals surface area contributed by atoms with Gasteiger partial charge in [-0.2, -0.15) is 0 Å². The van der Waals surface area contributed by atoms with E-state index in [2.05, 4.69) is 9.97 Å². The Bertz CT molecular complexity index is 1410. The second kappa shape index (κ2) is 9.45. The van der Waals surface area contributed by atoms with E-state index in [0.29, 0.717) is 22.4 Å². The van der Waals surface area contributed by atoms with Crippen LogP contribution in [0.15, 0.2) is 54.4 Å². The maximum absolute atomic E-state index is 13.3. The van der Waals surface area contributed by atoms with Gasteiger partial charge in [-0.1, -0.05) is 6.07 Å².